The lowest BCUT2D eigenvalue weighted by Gasteiger charge is -2.36. The van der Waals surface area contributed by atoms with Gasteiger partial charge in [-0.25, -0.2) is 14.4 Å². The molecule has 1 unspecified atom stereocenters. The van der Waals surface area contributed by atoms with E-state index in [-0.39, 0.29) is 19.4 Å². The second-order valence-corrected chi connectivity index (χ2v) is 13.5. The number of benzene rings is 3. The molecule has 9 nitrogen and oxygen atoms in total. The Hall–Kier alpha value is -4.37. The van der Waals surface area contributed by atoms with Crippen LogP contribution >= 0.6 is 11.6 Å². The number of halogens is 1. The third-order valence-corrected chi connectivity index (χ3v) is 8.46. The monoisotopic (exact) mass is 692 g/mol. The summed E-state index contributed by atoms with van der Waals surface area (Å²) in [6.07, 6.45) is 1.90. The zero-order valence-electron chi connectivity index (χ0n) is 29.3. The maximum atomic E-state index is 14.0. The first-order valence-corrected chi connectivity index (χ1v) is 17.1. The largest absolute Gasteiger partial charge is 0.467 e. The molecule has 0 radical (unpaired) electrons. The molecule has 3 aromatic carbocycles. The summed E-state index contributed by atoms with van der Waals surface area (Å²) in [5, 5.41) is 5.81. The van der Waals surface area contributed by atoms with Gasteiger partial charge >= 0.3 is 18.0 Å². The highest BCUT2D eigenvalue weighted by atomic mass is 35.5. The van der Waals surface area contributed by atoms with Crippen LogP contribution in [0.25, 0.3) is 0 Å². The molecule has 0 aliphatic heterocycles. The SMILES string of the molecule is CCCCC[C@H](NC(=O)CC[C@H](NC(=O)OC(C)(C)C)C(=O)OCC(c1ccccc1)(c1ccc(C)cc1)c1ccccc1Cl)C(=O)OC. The molecule has 2 N–H and O–H groups in total. The average Bonchev–Trinajstić information content (AvgIpc) is 3.07. The van der Waals surface area contributed by atoms with Crippen molar-refractivity contribution in [1.29, 1.82) is 0 Å². The predicted molar refractivity (Wildman–Crippen MR) is 190 cm³/mol. The summed E-state index contributed by atoms with van der Waals surface area (Å²) in [4.78, 5) is 52.2. The number of esters is 2. The van der Waals surface area contributed by atoms with E-state index >= 15 is 0 Å². The zero-order chi connectivity index (χ0) is 36.0. The van der Waals surface area contributed by atoms with Crippen molar-refractivity contribution in [3.8, 4) is 0 Å². The molecule has 0 fully saturated rings. The predicted octanol–water partition coefficient (Wildman–Crippen LogP) is 7.44. The van der Waals surface area contributed by atoms with Gasteiger partial charge in [0.1, 0.15) is 24.3 Å². The van der Waals surface area contributed by atoms with E-state index < -0.39 is 47.0 Å². The van der Waals surface area contributed by atoms with Gasteiger partial charge in [-0.1, -0.05) is 116 Å². The van der Waals surface area contributed by atoms with E-state index in [1.54, 1.807) is 26.8 Å². The molecule has 0 bridgehead atoms. The second kappa shape index (κ2) is 18.4. The van der Waals surface area contributed by atoms with E-state index in [4.69, 9.17) is 25.8 Å². The minimum Gasteiger partial charge on any atom is -0.467 e. The quantitative estimate of drug-likeness (QED) is 0.0693. The van der Waals surface area contributed by atoms with E-state index in [0.29, 0.717) is 11.4 Å². The van der Waals surface area contributed by atoms with Crippen molar-refractivity contribution in [3.05, 3.63) is 106 Å². The number of aryl methyl sites for hydroxylation is 1. The number of hydrogen-bond donors (Lipinski definition) is 2. The number of carbonyl (C=O) groups excluding carboxylic acids is 4. The van der Waals surface area contributed by atoms with Crippen molar-refractivity contribution in [2.24, 2.45) is 0 Å². The van der Waals surface area contributed by atoms with Crippen LogP contribution in [0.15, 0.2) is 78.9 Å². The molecule has 0 aliphatic rings. The Morgan fingerprint density at radius 1 is 0.776 bits per heavy atom. The summed E-state index contributed by atoms with van der Waals surface area (Å²) in [5.74, 6) is -1.77. The third kappa shape index (κ3) is 11.3. The molecule has 10 heteroatoms. The van der Waals surface area contributed by atoms with Crippen LogP contribution in [0.2, 0.25) is 5.02 Å². The molecule has 0 aliphatic carbocycles. The van der Waals surface area contributed by atoms with E-state index in [0.717, 1.165) is 41.5 Å². The molecule has 3 aromatic rings. The van der Waals surface area contributed by atoms with E-state index in [1.165, 1.54) is 7.11 Å². The highest BCUT2D eigenvalue weighted by molar-refractivity contribution is 6.31. The van der Waals surface area contributed by atoms with E-state index in [2.05, 4.69) is 10.6 Å². The van der Waals surface area contributed by atoms with Crippen LogP contribution in [-0.4, -0.2) is 55.3 Å². The Bertz CT molecular complexity index is 1540. The molecule has 0 spiro atoms. The van der Waals surface area contributed by atoms with Crippen LogP contribution in [0.1, 0.15) is 88.5 Å². The van der Waals surface area contributed by atoms with Gasteiger partial charge in [0.2, 0.25) is 5.91 Å². The van der Waals surface area contributed by atoms with Gasteiger partial charge < -0.3 is 24.8 Å². The number of methoxy groups -OCH3 is 1. The number of hydrogen-bond acceptors (Lipinski definition) is 7. The lowest BCUT2D eigenvalue weighted by atomic mass is 9.70. The highest BCUT2D eigenvalue weighted by Gasteiger charge is 2.40. The smallest absolute Gasteiger partial charge is 0.408 e. The van der Waals surface area contributed by atoms with Gasteiger partial charge in [-0.2, -0.15) is 0 Å². The number of unbranched alkanes of at least 4 members (excludes halogenated alkanes) is 2. The summed E-state index contributed by atoms with van der Waals surface area (Å²) in [5.41, 5.74) is 1.61. The lowest BCUT2D eigenvalue weighted by molar-refractivity contribution is -0.148. The first-order valence-electron chi connectivity index (χ1n) is 16.7. The minimum absolute atomic E-state index is 0.109. The van der Waals surface area contributed by atoms with Gasteiger partial charge in [-0.15, -0.1) is 0 Å². The molecule has 3 rings (SSSR count). The first-order chi connectivity index (χ1) is 23.3. The number of nitrogens with one attached hydrogen (secondary N) is 2. The Morgan fingerprint density at radius 2 is 1.39 bits per heavy atom. The molecule has 0 aromatic heterocycles. The Balaban J connectivity index is 1.94. The van der Waals surface area contributed by atoms with Crippen molar-refractivity contribution in [2.45, 2.75) is 96.2 Å². The summed E-state index contributed by atoms with van der Waals surface area (Å²) in [6.45, 7) is 8.99. The topological polar surface area (TPSA) is 120 Å². The average molecular weight is 693 g/mol. The Labute approximate surface area is 295 Å². The third-order valence-electron chi connectivity index (χ3n) is 8.13. The maximum absolute atomic E-state index is 14.0. The standard InChI is InChI=1S/C39H49ClN2O7/c1-7-8-10-19-32(35(44)47-6)41-34(43)25-24-33(42-37(46)49-38(3,4)5)36(45)48-26-39(28-15-11-9-12-16-28,29-22-20-27(2)21-23-29)30-17-13-14-18-31(30)40/h9,11-18,20-23,32-33H,7-8,10,19,24-26H2,1-6H3,(H,41,43)(H,42,46)/t32-,33-,39?/m0/s1. The first kappa shape index (κ1) is 39.1. The second-order valence-electron chi connectivity index (χ2n) is 13.1. The minimum atomic E-state index is -1.24. The molecule has 0 saturated carbocycles. The van der Waals surface area contributed by atoms with Gasteiger partial charge in [-0.05, 0) is 63.3 Å². The number of alkyl carbamates (subject to hydrolysis) is 1. The molecule has 264 valence electrons. The maximum Gasteiger partial charge on any atom is 0.408 e. The summed E-state index contributed by atoms with van der Waals surface area (Å²) < 4.78 is 16.4. The molecule has 49 heavy (non-hydrogen) atoms. The zero-order valence-corrected chi connectivity index (χ0v) is 30.1. The van der Waals surface area contributed by atoms with Crippen molar-refractivity contribution < 1.29 is 33.4 Å². The van der Waals surface area contributed by atoms with Crippen molar-refractivity contribution in [2.75, 3.05) is 13.7 Å². The van der Waals surface area contributed by atoms with Crippen molar-refractivity contribution >= 4 is 35.5 Å². The fourth-order valence-electron chi connectivity index (χ4n) is 5.60. The van der Waals surface area contributed by atoms with Gasteiger partial charge in [0.15, 0.2) is 0 Å². The Morgan fingerprint density at radius 3 is 2.00 bits per heavy atom. The van der Waals surface area contributed by atoms with Crippen molar-refractivity contribution in [3.63, 3.8) is 0 Å². The van der Waals surface area contributed by atoms with Gasteiger partial charge in [0, 0.05) is 11.4 Å². The molecule has 2 amide bonds. The Kier molecular flexibility index (Phi) is 14.7. The molecular formula is C39H49ClN2O7. The fourth-order valence-corrected chi connectivity index (χ4v) is 5.90. The van der Waals surface area contributed by atoms with Crippen LogP contribution in [0.4, 0.5) is 4.79 Å². The normalized spacial score (nSPS) is 13.7. The number of ether oxygens (including phenoxy) is 3. The van der Waals surface area contributed by atoms with E-state index in [9.17, 15) is 19.2 Å². The lowest BCUT2D eigenvalue weighted by Crippen LogP contribution is -2.47. The van der Waals surface area contributed by atoms with Gasteiger partial charge in [0.05, 0.1) is 12.5 Å². The van der Waals surface area contributed by atoms with Crippen LogP contribution in [-0.2, 0) is 34.0 Å². The summed E-state index contributed by atoms with van der Waals surface area (Å²) in [6, 6.07) is 22.9. The molecule has 3 atom stereocenters. The highest BCUT2D eigenvalue weighted by Crippen LogP contribution is 2.43. The summed E-state index contributed by atoms with van der Waals surface area (Å²) >= 11 is 6.86. The molecular weight excluding hydrogens is 644 g/mol. The fraction of sp³-hybridized carbons (Fsp3) is 0.436. The van der Waals surface area contributed by atoms with Crippen LogP contribution in [0.3, 0.4) is 0 Å². The van der Waals surface area contributed by atoms with Crippen LogP contribution in [0.5, 0.6) is 0 Å². The molecule has 0 heterocycles. The van der Waals surface area contributed by atoms with E-state index in [1.807, 2.05) is 86.6 Å². The number of amides is 2. The summed E-state index contributed by atoms with van der Waals surface area (Å²) in [7, 11) is 1.27. The van der Waals surface area contributed by atoms with Crippen LogP contribution < -0.4 is 10.6 Å². The number of carbonyl (C=O) groups is 4. The van der Waals surface area contributed by atoms with Gasteiger partial charge in [-0.3, -0.25) is 4.79 Å². The molecule has 0 saturated heterocycles. The van der Waals surface area contributed by atoms with Gasteiger partial charge in [0.25, 0.3) is 0 Å². The van der Waals surface area contributed by atoms with Crippen LogP contribution in [0, 0.1) is 6.92 Å². The van der Waals surface area contributed by atoms with Crippen molar-refractivity contribution in [1.82, 2.24) is 10.6 Å². The number of rotatable bonds is 16.